The maximum atomic E-state index is 12.0. The number of benzene rings is 1. The van der Waals surface area contributed by atoms with Crippen LogP contribution in [0, 0.1) is 17.3 Å². The van der Waals surface area contributed by atoms with Gasteiger partial charge in [-0.25, -0.2) is 0 Å². The molecule has 5 fully saturated rings. The number of allylic oxidation sites excluding steroid dienone is 1. The molecule has 0 amide bonds. The maximum absolute atomic E-state index is 12.0. The minimum Gasteiger partial charge on any atom is -0.385 e. The second-order valence-corrected chi connectivity index (χ2v) is 11.0. The van der Waals surface area contributed by atoms with Crippen molar-refractivity contribution in [3.05, 3.63) is 47.5 Å². The van der Waals surface area contributed by atoms with Crippen LogP contribution in [0.15, 0.2) is 42.0 Å². The van der Waals surface area contributed by atoms with Crippen LogP contribution in [-0.4, -0.2) is 35.3 Å². The summed E-state index contributed by atoms with van der Waals surface area (Å²) in [6, 6.07) is 10.4. The number of hydrogen-bond acceptors (Lipinski definition) is 4. The normalized spacial score (nSPS) is 50.3. The average Bonchev–Trinajstić information content (AvgIpc) is 3.10. The summed E-state index contributed by atoms with van der Waals surface area (Å²) < 4.78 is 18.8. The molecule has 2 saturated heterocycles. The van der Waals surface area contributed by atoms with Crippen molar-refractivity contribution in [3.8, 4) is 0 Å². The van der Waals surface area contributed by atoms with Crippen LogP contribution in [0.2, 0.25) is 0 Å². The van der Waals surface area contributed by atoms with Gasteiger partial charge in [0.1, 0.15) is 11.2 Å². The lowest BCUT2D eigenvalue weighted by Crippen LogP contribution is -2.53. The van der Waals surface area contributed by atoms with Gasteiger partial charge in [-0.05, 0) is 61.5 Å². The zero-order valence-corrected chi connectivity index (χ0v) is 17.9. The molecule has 4 nitrogen and oxygen atoms in total. The number of ether oxygens (including phenoxy) is 3. The van der Waals surface area contributed by atoms with Gasteiger partial charge in [-0.3, -0.25) is 0 Å². The fraction of sp³-hybridized carbons (Fsp3) is 0.692. The summed E-state index contributed by atoms with van der Waals surface area (Å²) in [5, 5.41) is 12.0. The highest BCUT2D eigenvalue weighted by Gasteiger charge is 2.79. The van der Waals surface area contributed by atoms with E-state index < -0.39 is 11.4 Å². The predicted molar refractivity (Wildman–Crippen MR) is 112 cm³/mol. The Hall–Kier alpha value is -1.20. The zero-order valence-electron chi connectivity index (χ0n) is 17.9. The SMILES string of the molecule is C[C@]12CC=C3[C@@H](CC[C@@]45CC6(CC[C@@]34O5)OCCO6)[C@@H]1CC[C@@]2(O)c1ccccc1. The van der Waals surface area contributed by atoms with Crippen LogP contribution in [0.5, 0.6) is 0 Å². The van der Waals surface area contributed by atoms with E-state index in [1.807, 2.05) is 6.07 Å². The van der Waals surface area contributed by atoms with Crippen molar-refractivity contribution in [2.75, 3.05) is 13.2 Å². The molecule has 0 unspecified atom stereocenters. The van der Waals surface area contributed by atoms with Crippen molar-refractivity contribution in [2.24, 2.45) is 17.3 Å². The van der Waals surface area contributed by atoms with Crippen molar-refractivity contribution in [1.82, 2.24) is 0 Å². The molecule has 4 heteroatoms. The molecule has 30 heavy (non-hydrogen) atoms. The highest BCUT2D eigenvalue weighted by molar-refractivity contribution is 5.44. The van der Waals surface area contributed by atoms with Gasteiger partial charge in [0.25, 0.3) is 0 Å². The minimum absolute atomic E-state index is 0.0694. The molecule has 0 aromatic heterocycles. The third kappa shape index (κ3) is 1.98. The number of rotatable bonds is 1. The molecule has 1 N–H and O–H groups in total. The van der Waals surface area contributed by atoms with E-state index in [9.17, 15) is 5.11 Å². The summed E-state index contributed by atoms with van der Waals surface area (Å²) in [5.74, 6) is 0.669. The van der Waals surface area contributed by atoms with Crippen molar-refractivity contribution in [1.29, 1.82) is 0 Å². The third-order valence-corrected chi connectivity index (χ3v) is 10.1. The van der Waals surface area contributed by atoms with E-state index in [4.69, 9.17) is 14.2 Å². The summed E-state index contributed by atoms with van der Waals surface area (Å²) in [5.41, 5.74) is 1.65. The Labute approximate surface area is 178 Å². The highest BCUT2D eigenvalue weighted by atomic mass is 16.7. The Morgan fingerprint density at radius 3 is 2.57 bits per heavy atom. The average molecular weight is 409 g/mol. The maximum Gasteiger partial charge on any atom is 0.171 e. The highest BCUT2D eigenvalue weighted by Crippen LogP contribution is 2.74. The van der Waals surface area contributed by atoms with E-state index in [2.05, 4.69) is 37.3 Å². The number of fused-ring (bicyclic) bond motifs is 3. The van der Waals surface area contributed by atoms with Crippen molar-refractivity contribution in [2.45, 2.75) is 80.9 Å². The molecule has 4 aliphatic carbocycles. The molecular weight excluding hydrogens is 376 g/mol. The quantitative estimate of drug-likeness (QED) is 0.550. The van der Waals surface area contributed by atoms with Gasteiger partial charge in [0, 0.05) is 18.3 Å². The van der Waals surface area contributed by atoms with E-state index >= 15 is 0 Å². The second kappa shape index (κ2) is 5.58. The summed E-state index contributed by atoms with van der Waals surface area (Å²) in [7, 11) is 0. The van der Waals surface area contributed by atoms with Gasteiger partial charge in [-0.15, -0.1) is 0 Å². The van der Waals surface area contributed by atoms with E-state index in [-0.39, 0.29) is 16.6 Å². The van der Waals surface area contributed by atoms with E-state index in [1.165, 1.54) is 0 Å². The zero-order chi connectivity index (χ0) is 20.2. The van der Waals surface area contributed by atoms with Gasteiger partial charge in [0.15, 0.2) is 5.79 Å². The molecule has 7 rings (SSSR count). The smallest absolute Gasteiger partial charge is 0.171 e. The fourth-order valence-electron chi connectivity index (χ4n) is 8.54. The van der Waals surface area contributed by atoms with Gasteiger partial charge in [0.05, 0.1) is 18.8 Å². The Bertz CT molecular complexity index is 920. The molecular formula is C26H32O4. The summed E-state index contributed by atoms with van der Waals surface area (Å²) in [6.45, 7) is 3.77. The van der Waals surface area contributed by atoms with Crippen LogP contribution in [0.1, 0.15) is 63.9 Å². The topological polar surface area (TPSA) is 51.2 Å². The van der Waals surface area contributed by atoms with Crippen LogP contribution in [0.4, 0.5) is 0 Å². The molecule has 0 radical (unpaired) electrons. The summed E-state index contributed by atoms with van der Waals surface area (Å²) >= 11 is 0. The number of aliphatic hydroxyl groups is 1. The molecule has 2 aliphatic heterocycles. The molecule has 6 aliphatic rings. The van der Waals surface area contributed by atoms with E-state index in [1.54, 1.807) is 5.57 Å². The van der Waals surface area contributed by atoms with Gasteiger partial charge < -0.3 is 19.3 Å². The van der Waals surface area contributed by atoms with E-state index in [0.717, 1.165) is 56.9 Å². The molecule has 0 bridgehead atoms. The first-order chi connectivity index (χ1) is 14.5. The van der Waals surface area contributed by atoms with Crippen LogP contribution < -0.4 is 0 Å². The molecule has 1 aromatic carbocycles. The first-order valence-electron chi connectivity index (χ1n) is 11.9. The van der Waals surface area contributed by atoms with Gasteiger partial charge in [-0.1, -0.05) is 43.3 Å². The van der Waals surface area contributed by atoms with Crippen molar-refractivity contribution in [3.63, 3.8) is 0 Å². The van der Waals surface area contributed by atoms with Crippen molar-refractivity contribution >= 4 is 0 Å². The monoisotopic (exact) mass is 408 g/mol. The fourth-order valence-corrected chi connectivity index (χ4v) is 8.54. The first-order valence-corrected chi connectivity index (χ1v) is 11.9. The molecule has 6 atom stereocenters. The molecule has 2 heterocycles. The lowest BCUT2D eigenvalue weighted by Gasteiger charge is -2.52. The first kappa shape index (κ1) is 18.4. The molecule has 160 valence electrons. The summed E-state index contributed by atoms with van der Waals surface area (Å²) in [6.07, 6.45) is 10.5. The van der Waals surface area contributed by atoms with Gasteiger partial charge in [0.2, 0.25) is 0 Å². The Kier molecular flexibility index (Phi) is 3.42. The van der Waals surface area contributed by atoms with Crippen LogP contribution in [0.25, 0.3) is 0 Å². The Morgan fingerprint density at radius 1 is 0.967 bits per heavy atom. The summed E-state index contributed by atoms with van der Waals surface area (Å²) in [4.78, 5) is 0. The largest absolute Gasteiger partial charge is 0.385 e. The van der Waals surface area contributed by atoms with Crippen molar-refractivity contribution < 1.29 is 19.3 Å². The van der Waals surface area contributed by atoms with Crippen LogP contribution in [-0.2, 0) is 19.8 Å². The standard InChI is InChI=1S/C26H32O4/c1-22-10-8-21-19(20(22)9-12-25(22,27)18-5-3-2-4-6-18)7-11-23-17-24(28-15-16-29-24)13-14-26(21,23)30-23/h2-6,8,19-20,27H,7,9-17H2,1H3/t19-,20-,22-,23+,25+,26+/m0/s1. The number of epoxide rings is 1. The molecule has 3 saturated carbocycles. The Balaban J connectivity index is 1.24. The van der Waals surface area contributed by atoms with Crippen LogP contribution >= 0.6 is 0 Å². The van der Waals surface area contributed by atoms with Gasteiger partial charge >= 0.3 is 0 Å². The second-order valence-electron chi connectivity index (χ2n) is 11.0. The van der Waals surface area contributed by atoms with E-state index in [0.29, 0.717) is 25.0 Å². The number of hydrogen-bond donors (Lipinski definition) is 1. The molecule has 1 aromatic rings. The van der Waals surface area contributed by atoms with Crippen LogP contribution in [0.3, 0.4) is 0 Å². The Morgan fingerprint density at radius 2 is 1.77 bits per heavy atom. The lowest BCUT2D eigenvalue weighted by atomic mass is 9.52. The predicted octanol–water partition coefficient (Wildman–Crippen LogP) is 4.47. The minimum atomic E-state index is -0.736. The van der Waals surface area contributed by atoms with Gasteiger partial charge in [-0.2, -0.15) is 0 Å². The lowest BCUT2D eigenvalue weighted by molar-refractivity contribution is -0.185. The molecule has 1 spiro atoms. The third-order valence-electron chi connectivity index (χ3n) is 10.1.